The van der Waals surface area contributed by atoms with Gasteiger partial charge in [0.1, 0.15) is 12.2 Å². The number of carbonyl (C=O) groups is 1. The molecule has 0 radical (unpaired) electrons. The topological polar surface area (TPSA) is 69.6 Å². The maximum Gasteiger partial charge on any atom is 0.216 e. The number of amides is 1. The molecule has 4 nitrogen and oxygen atoms in total. The Kier molecular flexibility index (Phi) is 7.43. The van der Waals surface area contributed by atoms with Gasteiger partial charge in [0.2, 0.25) is 5.91 Å². The summed E-state index contributed by atoms with van der Waals surface area (Å²) in [6, 6.07) is 4.29. The molecule has 2 atom stereocenters. The van der Waals surface area contributed by atoms with E-state index in [1.807, 2.05) is 0 Å². The first-order valence-corrected chi connectivity index (χ1v) is 8.84. The van der Waals surface area contributed by atoms with E-state index in [1.165, 1.54) is 12.5 Å². The minimum atomic E-state index is -1.03. The molecule has 0 bridgehead atoms. The molecule has 1 aromatic rings. The zero-order valence-corrected chi connectivity index (χ0v) is 16.1. The molecule has 136 valence electrons. The second kappa shape index (κ2) is 8.63. The van der Waals surface area contributed by atoms with Crippen molar-refractivity contribution in [1.29, 1.82) is 0 Å². The minimum Gasteiger partial charge on any atom is -0.388 e. The van der Waals surface area contributed by atoms with Crippen LogP contribution in [0.25, 0.3) is 0 Å². The lowest BCUT2D eigenvalue weighted by molar-refractivity contribution is -0.119. The molecule has 1 aromatic carbocycles. The highest BCUT2D eigenvalue weighted by molar-refractivity contribution is 5.72. The van der Waals surface area contributed by atoms with Gasteiger partial charge in [-0.05, 0) is 40.0 Å². The highest BCUT2D eigenvalue weighted by Gasteiger charge is 2.27. The number of hydrogen-bond donors (Lipinski definition) is 3. The molecule has 0 aliphatic rings. The lowest BCUT2D eigenvalue weighted by atomic mass is 9.81. The molecule has 1 rings (SSSR count). The highest BCUT2D eigenvalue weighted by atomic mass is 16.3. The fourth-order valence-electron chi connectivity index (χ4n) is 2.91. The Morgan fingerprint density at radius 1 is 0.958 bits per heavy atom. The van der Waals surface area contributed by atoms with Crippen molar-refractivity contribution in [3.05, 3.63) is 34.4 Å². The van der Waals surface area contributed by atoms with Gasteiger partial charge in [-0.15, -0.1) is 0 Å². The molecular formula is C20H33NO3. The molecule has 3 N–H and O–H groups in total. The van der Waals surface area contributed by atoms with Gasteiger partial charge in [-0.2, -0.15) is 0 Å². The van der Waals surface area contributed by atoms with Crippen molar-refractivity contribution >= 4 is 5.91 Å². The van der Waals surface area contributed by atoms with Crippen LogP contribution < -0.4 is 5.32 Å². The third kappa shape index (κ3) is 5.05. The number of aliphatic hydroxyl groups is 2. The van der Waals surface area contributed by atoms with Crippen molar-refractivity contribution in [3.63, 3.8) is 0 Å². The van der Waals surface area contributed by atoms with Crippen LogP contribution in [0.1, 0.15) is 94.6 Å². The van der Waals surface area contributed by atoms with Gasteiger partial charge in [0.25, 0.3) is 0 Å². The molecule has 2 unspecified atom stereocenters. The average molecular weight is 335 g/mol. The van der Waals surface area contributed by atoms with Crippen LogP contribution in [0, 0.1) is 0 Å². The number of nitrogens with one attached hydrogen (secondary N) is 1. The molecule has 0 fully saturated rings. The van der Waals surface area contributed by atoms with Crippen LogP contribution in [0.2, 0.25) is 0 Å². The standard InChI is InChI=1S/C20H33NO3/c1-11(2)15-8-16(12(3)4)19(17(9-15)13(5)6)20(24)18(23)10-21-14(7)22/h8-9,11-13,18,20,23-24H,10H2,1-7H3,(H,21,22). The Morgan fingerprint density at radius 2 is 1.42 bits per heavy atom. The first-order valence-electron chi connectivity index (χ1n) is 8.84. The van der Waals surface area contributed by atoms with Gasteiger partial charge < -0.3 is 15.5 Å². The minimum absolute atomic E-state index is 0.0392. The van der Waals surface area contributed by atoms with Crippen LogP contribution in [-0.2, 0) is 4.79 Å². The molecule has 0 aliphatic carbocycles. The van der Waals surface area contributed by atoms with E-state index in [0.29, 0.717) is 5.92 Å². The molecule has 0 aromatic heterocycles. The van der Waals surface area contributed by atoms with Crippen molar-refractivity contribution in [2.45, 2.75) is 78.4 Å². The summed E-state index contributed by atoms with van der Waals surface area (Å²) in [6.07, 6.45) is -2.05. The predicted octanol–water partition coefficient (Wildman–Crippen LogP) is 3.59. The van der Waals surface area contributed by atoms with E-state index in [1.54, 1.807) is 0 Å². The van der Waals surface area contributed by atoms with E-state index < -0.39 is 12.2 Å². The predicted molar refractivity (Wildman–Crippen MR) is 98.4 cm³/mol. The highest BCUT2D eigenvalue weighted by Crippen LogP contribution is 2.36. The summed E-state index contributed by atoms with van der Waals surface area (Å²) in [5.74, 6) is 0.651. The Bertz CT molecular complexity index is 535. The monoisotopic (exact) mass is 335 g/mol. The maximum atomic E-state index is 11.1. The lowest BCUT2D eigenvalue weighted by Crippen LogP contribution is -2.35. The van der Waals surface area contributed by atoms with Gasteiger partial charge in [-0.1, -0.05) is 53.7 Å². The van der Waals surface area contributed by atoms with Crippen molar-refractivity contribution in [1.82, 2.24) is 5.32 Å². The zero-order chi connectivity index (χ0) is 18.6. The summed E-state index contributed by atoms with van der Waals surface area (Å²) in [6.45, 7) is 14.1. The number of aliphatic hydroxyl groups excluding tert-OH is 2. The fraction of sp³-hybridized carbons (Fsp3) is 0.650. The second-order valence-corrected chi connectivity index (χ2v) is 7.53. The quantitative estimate of drug-likeness (QED) is 0.713. The van der Waals surface area contributed by atoms with Crippen molar-refractivity contribution in [3.8, 4) is 0 Å². The molecule has 0 saturated carbocycles. The zero-order valence-electron chi connectivity index (χ0n) is 16.1. The largest absolute Gasteiger partial charge is 0.388 e. The van der Waals surface area contributed by atoms with Crippen LogP contribution in [0.3, 0.4) is 0 Å². The maximum absolute atomic E-state index is 11.1. The summed E-state index contributed by atoms with van der Waals surface area (Å²) in [5, 5.41) is 23.7. The Hall–Kier alpha value is -1.39. The van der Waals surface area contributed by atoms with Gasteiger partial charge in [-0.3, -0.25) is 4.79 Å². The van der Waals surface area contributed by atoms with Crippen molar-refractivity contribution in [2.75, 3.05) is 6.54 Å². The van der Waals surface area contributed by atoms with Gasteiger partial charge in [0.05, 0.1) is 0 Å². The first kappa shape index (κ1) is 20.7. The van der Waals surface area contributed by atoms with E-state index in [0.717, 1.165) is 16.7 Å². The molecule has 0 saturated heterocycles. The third-order valence-electron chi connectivity index (χ3n) is 4.40. The van der Waals surface area contributed by atoms with E-state index in [4.69, 9.17) is 0 Å². The second-order valence-electron chi connectivity index (χ2n) is 7.53. The summed E-state index contributed by atoms with van der Waals surface area (Å²) in [4.78, 5) is 11.1. The van der Waals surface area contributed by atoms with Crippen LogP contribution >= 0.6 is 0 Å². The third-order valence-corrected chi connectivity index (χ3v) is 4.40. The van der Waals surface area contributed by atoms with Gasteiger partial charge >= 0.3 is 0 Å². The first-order chi connectivity index (χ1) is 11.1. The van der Waals surface area contributed by atoms with E-state index in [2.05, 4.69) is 59.0 Å². The van der Waals surface area contributed by atoms with Crippen LogP contribution in [0.5, 0.6) is 0 Å². The summed E-state index contributed by atoms with van der Waals surface area (Å²) < 4.78 is 0. The Labute approximate surface area is 146 Å². The van der Waals surface area contributed by atoms with Crippen LogP contribution in [0.4, 0.5) is 0 Å². The normalized spacial score (nSPS) is 14.3. The molecule has 1 amide bonds. The fourth-order valence-corrected chi connectivity index (χ4v) is 2.91. The Morgan fingerprint density at radius 3 is 1.75 bits per heavy atom. The molecular weight excluding hydrogens is 302 g/mol. The smallest absolute Gasteiger partial charge is 0.216 e. The SMILES string of the molecule is CC(=O)NCC(O)C(O)c1c(C(C)C)cc(C(C)C)cc1C(C)C. The van der Waals surface area contributed by atoms with Gasteiger partial charge in [-0.25, -0.2) is 0 Å². The van der Waals surface area contributed by atoms with Crippen LogP contribution in [-0.4, -0.2) is 28.8 Å². The van der Waals surface area contributed by atoms with Gasteiger partial charge in [0, 0.05) is 13.5 Å². The van der Waals surface area contributed by atoms with Crippen molar-refractivity contribution in [2.24, 2.45) is 0 Å². The molecule has 0 aliphatic heterocycles. The van der Waals surface area contributed by atoms with Gasteiger partial charge in [0.15, 0.2) is 0 Å². The number of benzene rings is 1. The molecule has 4 heteroatoms. The molecule has 0 spiro atoms. The molecule has 24 heavy (non-hydrogen) atoms. The van der Waals surface area contributed by atoms with E-state index in [9.17, 15) is 15.0 Å². The Balaban J connectivity index is 3.39. The summed E-state index contributed by atoms with van der Waals surface area (Å²) in [7, 11) is 0. The lowest BCUT2D eigenvalue weighted by Gasteiger charge is -2.28. The number of rotatable bonds is 7. The number of carbonyl (C=O) groups excluding carboxylic acids is 1. The average Bonchev–Trinajstić information content (AvgIpc) is 2.49. The van der Waals surface area contributed by atoms with E-state index >= 15 is 0 Å². The summed E-state index contributed by atoms with van der Waals surface area (Å²) >= 11 is 0. The summed E-state index contributed by atoms with van der Waals surface area (Å²) in [5.41, 5.74) is 4.19. The van der Waals surface area contributed by atoms with Crippen LogP contribution in [0.15, 0.2) is 12.1 Å². The molecule has 0 heterocycles. The van der Waals surface area contributed by atoms with E-state index in [-0.39, 0.29) is 24.3 Å². The van der Waals surface area contributed by atoms with Crippen molar-refractivity contribution < 1.29 is 15.0 Å². The number of hydrogen-bond acceptors (Lipinski definition) is 3.